The van der Waals surface area contributed by atoms with E-state index in [-0.39, 0.29) is 38.3 Å². The summed E-state index contributed by atoms with van der Waals surface area (Å²) >= 11 is 17.7. The number of nitrogen functional groups attached to an aromatic ring is 1. The molecular weight excluding hydrogens is 525 g/mol. The van der Waals surface area contributed by atoms with E-state index in [1.807, 2.05) is 0 Å². The van der Waals surface area contributed by atoms with Gasteiger partial charge in [-0.2, -0.15) is 0 Å². The number of carbonyl (C=O) groups excluding carboxylic acids is 2. The average Bonchev–Trinajstić information content (AvgIpc) is 3.30. The van der Waals surface area contributed by atoms with E-state index in [0.29, 0.717) is 24.9 Å². The Labute approximate surface area is 212 Å². The summed E-state index contributed by atoms with van der Waals surface area (Å²) in [5.41, 5.74) is 6.81. The molecule has 2 amide bonds. The van der Waals surface area contributed by atoms with Gasteiger partial charge in [0.25, 0.3) is 0 Å². The molecule has 3 rings (SSSR count). The summed E-state index contributed by atoms with van der Waals surface area (Å²) in [6.45, 7) is 0.0205. The van der Waals surface area contributed by atoms with Gasteiger partial charge in [0.2, 0.25) is 21.8 Å². The molecule has 0 aromatic heterocycles. The molecule has 34 heavy (non-hydrogen) atoms. The standard InChI is InChI=1S/C21H22Cl3N5O4S/c22-14-7-8-16(19(24)18(14)23)34(32,33)28-11-17(30)29-9-1-2-15(29)21(31)27-10-12-3-5-13(6-4-12)20(25)26/h3-8,15,28H,1-2,9-11H2,(H3,25,26)(H,27,31)/t15-/m0/s1. The zero-order valence-corrected chi connectivity index (χ0v) is 20.9. The Morgan fingerprint density at radius 2 is 1.76 bits per heavy atom. The van der Waals surface area contributed by atoms with Crippen LogP contribution in [0, 0.1) is 5.41 Å². The zero-order valence-electron chi connectivity index (χ0n) is 17.8. The molecule has 1 heterocycles. The number of benzene rings is 2. The Morgan fingerprint density at radius 1 is 1.09 bits per heavy atom. The number of nitrogens with zero attached hydrogens (tertiary/aromatic N) is 1. The molecule has 182 valence electrons. The fourth-order valence-electron chi connectivity index (χ4n) is 3.50. The monoisotopic (exact) mass is 545 g/mol. The van der Waals surface area contributed by atoms with Crippen LogP contribution in [0.3, 0.4) is 0 Å². The predicted molar refractivity (Wildman–Crippen MR) is 131 cm³/mol. The lowest BCUT2D eigenvalue weighted by molar-refractivity contribution is -0.137. The lowest BCUT2D eigenvalue weighted by Gasteiger charge is -2.24. The minimum Gasteiger partial charge on any atom is -0.384 e. The molecular formula is C21H22Cl3N5O4S. The first-order valence-corrected chi connectivity index (χ1v) is 12.8. The predicted octanol–water partition coefficient (Wildman–Crippen LogP) is 2.52. The fourth-order valence-corrected chi connectivity index (χ4v) is 5.45. The third-order valence-corrected chi connectivity index (χ3v) is 8.16. The van der Waals surface area contributed by atoms with Crippen molar-refractivity contribution in [2.45, 2.75) is 30.3 Å². The molecule has 0 aliphatic carbocycles. The van der Waals surface area contributed by atoms with Crippen LogP contribution in [0.4, 0.5) is 0 Å². The normalized spacial score (nSPS) is 15.9. The van der Waals surface area contributed by atoms with E-state index in [9.17, 15) is 18.0 Å². The Morgan fingerprint density at radius 3 is 2.41 bits per heavy atom. The summed E-state index contributed by atoms with van der Waals surface area (Å²) in [6, 6.07) is 8.64. The molecule has 0 unspecified atom stereocenters. The first-order valence-electron chi connectivity index (χ1n) is 10.1. The van der Waals surface area contributed by atoms with Gasteiger partial charge in [-0.25, -0.2) is 13.1 Å². The van der Waals surface area contributed by atoms with Gasteiger partial charge in [0.05, 0.1) is 21.6 Å². The number of amides is 2. The van der Waals surface area contributed by atoms with Gasteiger partial charge in [0, 0.05) is 18.7 Å². The molecule has 0 saturated carbocycles. The molecule has 0 radical (unpaired) electrons. The maximum atomic E-state index is 12.7. The molecule has 1 saturated heterocycles. The first kappa shape index (κ1) is 26.2. The van der Waals surface area contributed by atoms with Crippen LogP contribution in [0.1, 0.15) is 24.0 Å². The first-order chi connectivity index (χ1) is 16.0. The Kier molecular flexibility index (Phi) is 8.43. The van der Waals surface area contributed by atoms with E-state index in [4.69, 9.17) is 45.9 Å². The summed E-state index contributed by atoms with van der Waals surface area (Å²) in [4.78, 5) is 26.5. The number of rotatable bonds is 8. The fraction of sp³-hybridized carbons (Fsp3) is 0.286. The second-order valence-corrected chi connectivity index (χ2v) is 10.5. The molecule has 1 aliphatic rings. The second-order valence-electron chi connectivity index (χ2n) is 7.57. The van der Waals surface area contributed by atoms with Gasteiger partial charge < -0.3 is 16.0 Å². The van der Waals surface area contributed by atoms with E-state index >= 15 is 0 Å². The minimum atomic E-state index is -4.15. The second kappa shape index (κ2) is 10.9. The van der Waals surface area contributed by atoms with E-state index < -0.39 is 28.5 Å². The maximum absolute atomic E-state index is 12.7. The smallest absolute Gasteiger partial charge is 0.243 e. The van der Waals surface area contributed by atoms with Gasteiger partial charge in [0.1, 0.15) is 16.8 Å². The molecule has 1 fully saturated rings. The topological polar surface area (TPSA) is 145 Å². The van der Waals surface area contributed by atoms with Crippen molar-refractivity contribution in [1.82, 2.24) is 14.9 Å². The van der Waals surface area contributed by atoms with Crippen LogP contribution in [-0.4, -0.2) is 50.1 Å². The highest BCUT2D eigenvalue weighted by atomic mass is 35.5. The van der Waals surface area contributed by atoms with Gasteiger partial charge >= 0.3 is 0 Å². The number of nitrogens with two attached hydrogens (primary N) is 1. The number of carbonyl (C=O) groups is 2. The molecule has 1 atom stereocenters. The molecule has 1 aliphatic heterocycles. The van der Waals surface area contributed by atoms with Gasteiger partial charge in [-0.15, -0.1) is 0 Å². The van der Waals surface area contributed by atoms with Crippen molar-refractivity contribution in [3.05, 3.63) is 62.6 Å². The number of likely N-dealkylation sites (tertiary alicyclic amines) is 1. The van der Waals surface area contributed by atoms with Crippen molar-refractivity contribution in [2.24, 2.45) is 5.73 Å². The summed E-state index contributed by atoms with van der Waals surface area (Å²) < 4.78 is 27.4. The van der Waals surface area contributed by atoms with Gasteiger partial charge in [-0.3, -0.25) is 15.0 Å². The summed E-state index contributed by atoms with van der Waals surface area (Å²) in [5.74, 6) is -0.923. The van der Waals surface area contributed by atoms with Crippen LogP contribution in [0.15, 0.2) is 41.3 Å². The number of amidine groups is 1. The van der Waals surface area contributed by atoms with E-state index in [1.54, 1.807) is 24.3 Å². The van der Waals surface area contributed by atoms with E-state index in [1.165, 1.54) is 17.0 Å². The van der Waals surface area contributed by atoms with Crippen LogP contribution in [-0.2, 0) is 26.2 Å². The maximum Gasteiger partial charge on any atom is 0.243 e. The molecule has 0 spiro atoms. The third-order valence-electron chi connectivity index (χ3n) is 5.31. The molecule has 5 N–H and O–H groups in total. The SMILES string of the molecule is N=C(N)c1ccc(CNC(=O)[C@@H]2CCCN2C(=O)CNS(=O)(=O)c2ccc(Cl)c(Cl)c2Cl)cc1. The Balaban J connectivity index is 1.59. The zero-order chi connectivity index (χ0) is 25.0. The van der Waals surface area contributed by atoms with Gasteiger partial charge in [-0.05, 0) is 30.5 Å². The van der Waals surface area contributed by atoms with Crippen LogP contribution in [0.25, 0.3) is 0 Å². The third kappa shape index (κ3) is 6.00. The van der Waals surface area contributed by atoms with Gasteiger partial charge in [0.15, 0.2) is 0 Å². The molecule has 0 bridgehead atoms. The van der Waals surface area contributed by atoms with Crippen molar-refractivity contribution in [3.63, 3.8) is 0 Å². The van der Waals surface area contributed by atoms with Gasteiger partial charge in [-0.1, -0.05) is 59.1 Å². The van der Waals surface area contributed by atoms with Crippen LogP contribution in [0.5, 0.6) is 0 Å². The number of hydrogen-bond acceptors (Lipinski definition) is 5. The Bertz CT molecular complexity index is 1220. The van der Waals surface area contributed by atoms with Crippen molar-refractivity contribution in [3.8, 4) is 0 Å². The summed E-state index contributed by atoms with van der Waals surface area (Å²) in [5, 5.41) is 9.95. The molecule has 13 heteroatoms. The highest BCUT2D eigenvalue weighted by Crippen LogP contribution is 2.34. The lowest BCUT2D eigenvalue weighted by atomic mass is 10.1. The van der Waals surface area contributed by atoms with Crippen molar-refractivity contribution < 1.29 is 18.0 Å². The number of sulfonamides is 1. The van der Waals surface area contributed by atoms with E-state index in [2.05, 4.69) is 10.0 Å². The Hall–Kier alpha value is -2.37. The minimum absolute atomic E-state index is 0.0484. The average molecular weight is 547 g/mol. The van der Waals surface area contributed by atoms with Crippen molar-refractivity contribution in [2.75, 3.05) is 13.1 Å². The summed E-state index contributed by atoms with van der Waals surface area (Å²) in [7, 11) is -4.15. The van der Waals surface area contributed by atoms with Crippen molar-refractivity contribution in [1.29, 1.82) is 5.41 Å². The summed E-state index contributed by atoms with van der Waals surface area (Å²) in [6.07, 6.45) is 1.08. The number of halogens is 3. The van der Waals surface area contributed by atoms with Crippen LogP contribution >= 0.6 is 34.8 Å². The van der Waals surface area contributed by atoms with Crippen LogP contribution in [0.2, 0.25) is 15.1 Å². The largest absolute Gasteiger partial charge is 0.384 e. The number of nitrogens with one attached hydrogen (secondary N) is 3. The molecule has 2 aromatic rings. The highest BCUT2D eigenvalue weighted by molar-refractivity contribution is 7.89. The van der Waals surface area contributed by atoms with E-state index in [0.717, 1.165) is 5.56 Å². The quantitative estimate of drug-likeness (QED) is 0.228. The van der Waals surface area contributed by atoms with Crippen LogP contribution < -0.4 is 15.8 Å². The molecule has 9 nitrogen and oxygen atoms in total. The number of hydrogen-bond donors (Lipinski definition) is 4. The highest BCUT2D eigenvalue weighted by Gasteiger charge is 2.34. The van der Waals surface area contributed by atoms with Crippen molar-refractivity contribution >= 4 is 62.5 Å². The lowest BCUT2D eigenvalue weighted by Crippen LogP contribution is -2.48. The molecule has 2 aromatic carbocycles.